The van der Waals surface area contributed by atoms with Gasteiger partial charge in [-0.2, -0.15) is 4.90 Å². The van der Waals surface area contributed by atoms with E-state index in [1.807, 2.05) is 0 Å². The number of imide groups is 1. The summed E-state index contributed by atoms with van der Waals surface area (Å²) in [6.45, 7) is 8.53. The Kier molecular flexibility index (Phi) is 9.02. The van der Waals surface area contributed by atoms with Crippen LogP contribution < -0.4 is 0 Å². The molecule has 27 heavy (non-hydrogen) atoms. The maximum absolute atomic E-state index is 12.7. The third-order valence-corrected chi connectivity index (χ3v) is 4.14. The van der Waals surface area contributed by atoms with Crippen molar-refractivity contribution in [3.8, 4) is 0 Å². The van der Waals surface area contributed by atoms with Crippen LogP contribution in [0.15, 0.2) is 0 Å². The molecule has 1 aliphatic rings. The number of rotatable bonds is 3. The Labute approximate surface area is 161 Å². The number of nitrogens with zero attached hydrogens (tertiary/aromatic N) is 1. The van der Waals surface area contributed by atoms with E-state index < -0.39 is 35.9 Å². The van der Waals surface area contributed by atoms with E-state index in [4.69, 9.17) is 18.9 Å². The molecule has 1 aliphatic heterocycles. The maximum atomic E-state index is 12.7. The molecule has 1 rings (SSSR count). The number of ether oxygens (including phenoxy) is 4. The molecular formula is C19H33NO7. The second kappa shape index (κ2) is 10.5. The average molecular weight is 387 g/mol. The Morgan fingerprint density at radius 3 is 2.37 bits per heavy atom. The number of amides is 2. The summed E-state index contributed by atoms with van der Waals surface area (Å²) >= 11 is 0. The Bertz CT molecular complexity index is 515. The zero-order valence-corrected chi connectivity index (χ0v) is 17.3. The lowest BCUT2D eigenvalue weighted by Crippen LogP contribution is -2.51. The highest BCUT2D eigenvalue weighted by Gasteiger charge is 2.40. The molecule has 0 N–H and O–H groups in total. The number of hydrogen-bond donors (Lipinski definition) is 0. The van der Waals surface area contributed by atoms with Crippen LogP contribution in [-0.2, 0) is 23.7 Å². The minimum Gasteiger partial charge on any atom is -0.461 e. The van der Waals surface area contributed by atoms with Crippen molar-refractivity contribution in [3.63, 3.8) is 0 Å². The van der Waals surface area contributed by atoms with E-state index in [1.165, 1.54) is 0 Å². The molecule has 8 heteroatoms. The fourth-order valence-electron chi connectivity index (χ4n) is 2.92. The van der Waals surface area contributed by atoms with Crippen LogP contribution in [0.3, 0.4) is 0 Å². The molecule has 1 fully saturated rings. The maximum Gasteiger partial charge on any atom is 0.420 e. The van der Waals surface area contributed by atoms with Crippen LogP contribution in [0, 0.1) is 0 Å². The SMILES string of the molecule is CCOC(=O)N(C(=O)OC(C)(C)C)[C@H]1CCCCC(OC)CC(C)OC1=O. The van der Waals surface area contributed by atoms with Crippen molar-refractivity contribution < 1.29 is 33.3 Å². The summed E-state index contributed by atoms with van der Waals surface area (Å²) in [5.41, 5.74) is -0.819. The van der Waals surface area contributed by atoms with Crippen LogP contribution in [0.4, 0.5) is 9.59 Å². The molecule has 0 saturated carbocycles. The van der Waals surface area contributed by atoms with Gasteiger partial charge in [0.15, 0.2) is 0 Å². The van der Waals surface area contributed by atoms with E-state index in [0.717, 1.165) is 17.7 Å². The zero-order chi connectivity index (χ0) is 20.6. The lowest BCUT2D eigenvalue weighted by Gasteiger charge is -2.32. The first-order valence-corrected chi connectivity index (χ1v) is 9.51. The smallest absolute Gasteiger partial charge is 0.420 e. The van der Waals surface area contributed by atoms with Crippen LogP contribution >= 0.6 is 0 Å². The van der Waals surface area contributed by atoms with Gasteiger partial charge >= 0.3 is 18.2 Å². The largest absolute Gasteiger partial charge is 0.461 e. The molecule has 0 aromatic heterocycles. The molecule has 0 bridgehead atoms. The van der Waals surface area contributed by atoms with E-state index >= 15 is 0 Å². The van der Waals surface area contributed by atoms with Gasteiger partial charge in [-0.1, -0.05) is 12.8 Å². The molecule has 3 atom stereocenters. The highest BCUT2D eigenvalue weighted by molar-refractivity contribution is 5.94. The number of cyclic esters (lactones) is 1. The molecule has 2 unspecified atom stereocenters. The first kappa shape index (κ1) is 23.2. The Hall–Kier alpha value is -1.83. The Morgan fingerprint density at radius 2 is 1.81 bits per heavy atom. The van der Waals surface area contributed by atoms with Crippen molar-refractivity contribution in [2.45, 2.75) is 90.6 Å². The van der Waals surface area contributed by atoms with Crippen molar-refractivity contribution in [3.05, 3.63) is 0 Å². The molecular weight excluding hydrogens is 354 g/mol. The summed E-state index contributed by atoms with van der Waals surface area (Å²) in [4.78, 5) is 38.5. The minimum atomic E-state index is -1.08. The van der Waals surface area contributed by atoms with E-state index in [0.29, 0.717) is 12.8 Å². The standard InChI is InChI=1S/C19H33NO7/c1-7-25-17(22)20(18(23)27-19(3,4)5)15-11-9-8-10-14(24-6)12-13(2)26-16(15)21/h13-15H,7-12H2,1-6H3/t13?,14?,15-/m0/s1. The zero-order valence-electron chi connectivity index (χ0n) is 17.3. The highest BCUT2D eigenvalue weighted by atomic mass is 16.6. The topological polar surface area (TPSA) is 91.4 Å². The molecule has 0 aliphatic carbocycles. The third-order valence-electron chi connectivity index (χ3n) is 4.14. The Balaban J connectivity index is 3.07. The fraction of sp³-hybridized carbons (Fsp3) is 0.842. The van der Waals surface area contributed by atoms with Gasteiger partial charge in [-0.3, -0.25) is 0 Å². The normalized spacial score (nSPS) is 24.5. The summed E-state index contributed by atoms with van der Waals surface area (Å²) in [6, 6.07) is -1.08. The van der Waals surface area contributed by atoms with E-state index in [9.17, 15) is 14.4 Å². The number of methoxy groups -OCH3 is 1. The van der Waals surface area contributed by atoms with Gasteiger partial charge in [-0.25, -0.2) is 14.4 Å². The highest BCUT2D eigenvalue weighted by Crippen LogP contribution is 2.22. The van der Waals surface area contributed by atoms with E-state index in [-0.39, 0.29) is 19.1 Å². The van der Waals surface area contributed by atoms with Crippen molar-refractivity contribution >= 4 is 18.2 Å². The molecule has 1 saturated heterocycles. The van der Waals surface area contributed by atoms with Crippen molar-refractivity contribution in [2.24, 2.45) is 0 Å². The molecule has 2 amide bonds. The van der Waals surface area contributed by atoms with Gasteiger partial charge in [0.05, 0.1) is 12.7 Å². The first-order valence-electron chi connectivity index (χ1n) is 9.51. The van der Waals surface area contributed by atoms with Gasteiger partial charge in [-0.15, -0.1) is 0 Å². The first-order chi connectivity index (χ1) is 12.6. The van der Waals surface area contributed by atoms with Crippen LogP contribution in [0.1, 0.15) is 66.7 Å². The fourth-order valence-corrected chi connectivity index (χ4v) is 2.92. The second-order valence-electron chi connectivity index (χ2n) is 7.69. The molecule has 1 heterocycles. The summed E-state index contributed by atoms with van der Waals surface area (Å²) < 4.78 is 21.2. The average Bonchev–Trinajstić information content (AvgIpc) is 2.54. The van der Waals surface area contributed by atoms with Crippen molar-refractivity contribution in [1.82, 2.24) is 4.90 Å². The number of carbonyl (C=O) groups is 3. The number of esters is 1. The monoisotopic (exact) mass is 387 g/mol. The molecule has 0 spiro atoms. The minimum absolute atomic E-state index is 0.0105. The predicted molar refractivity (Wildman–Crippen MR) is 98.3 cm³/mol. The van der Waals surface area contributed by atoms with Gasteiger partial charge in [0, 0.05) is 13.5 Å². The lowest BCUT2D eigenvalue weighted by atomic mass is 10.0. The lowest BCUT2D eigenvalue weighted by molar-refractivity contribution is -0.156. The molecule has 156 valence electrons. The van der Waals surface area contributed by atoms with Crippen LogP contribution in [0.2, 0.25) is 0 Å². The van der Waals surface area contributed by atoms with Crippen LogP contribution in [0.5, 0.6) is 0 Å². The second-order valence-corrected chi connectivity index (χ2v) is 7.69. The third kappa shape index (κ3) is 7.74. The summed E-state index contributed by atoms with van der Waals surface area (Å²) in [5.74, 6) is -0.641. The van der Waals surface area contributed by atoms with Crippen molar-refractivity contribution in [1.29, 1.82) is 0 Å². The molecule has 0 aromatic carbocycles. The van der Waals surface area contributed by atoms with E-state index in [2.05, 4.69) is 0 Å². The number of carbonyl (C=O) groups excluding carboxylic acids is 3. The summed E-state index contributed by atoms with van der Waals surface area (Å²) in [7, 11) is 1.64. The van der Waals surface area contributed by atoms with Gasteiger partial charge in [0.1, 0.15) is 17.7 Å². The van der Waals surface area contributed by atoms with Gasteiger partial charge in [-0.05, 0) is 47.5 Å². The Morgan fingerprint density at radius 1 is 1.19 bits per heavy atom. The number of hydrogen-bond acceptors (Lipinski definition) is 7. The van der Waals surface area contributed by atoms with Gasteiger partial charge in [0.2, 0.25) is 0 Å². The van der Waals surface area contributed by atoms with Crippen LogP contribution in [0.25, 0.3) is 0 Å². The quantitative estimate of drug-likeness (QED) is 0.539. The van der Waals surface area contributed by atoms with E-state index in [1.54, 1.807) is 41.7 Å². The van der Waals surface area contributed by atoms with Crippen LogP contribution in [-0.4, -0.2) is 60.6 Å². The molecule has 8 nitrogen and oxygen atoms in total. The van der Waals surface area contributed by atoms with Crippen molar-refractivity contribution in [2.75, 3.05) is 13.7 Å². The predicted octanol–water partition coefficient (Wildman–Crippen LogP) is 3.66. The summed E-state index contributed by atoms with van der Waals surface area (Å²) in [5, 5.41) is 0. The molecule has 0 radical (unpaired) electrons. The van der Waals surface area contributed by atoms with Gasteiger partial charge in [0.25, 0.3) is 0 Å². The molecule has 0 aromatic rings. The van der Waals surface area contributed by atoms with Gasteiger partial charge < -0.3 is 18.9 Å². The summed E-state index contributed by atoms with van der Waals surface area (Å²) in [6.07, 6.45) is 0.877.